The van der Waals surface area contributed by atoms with Gasteiger partial charge in [-0.15, -0.1) is 0 Å². The molecule has 0 aliphatic rings. The minimum absolute atomic E-state index is 0.0967. The average molecular weight is 293 g/mol. The monoisotopic (exact) mass is 292 g/mol. The predicted molar refractivity (Wildman–Crippen MR) is 68.7 cm³/mol. The molecule has 0 aliphatic carbocycles. The summed E-state index contributed by atoms with van der Waals surface area (Å²) < 4.78 is 13.7. The van der Waals surface area contributed by atoms with Gasteiger partial charge < -0.3 is 0 Å². The highest BCUT2D eigenvalue weighted by atomic mass is 79.9. The molecule has 0 heterocycles. The highest BCUT2D eigenvalue weighted by Gasteiger charge is 2.09. The van der Waals surface area contributed by atoms with Gasteiger partial charge in [-0.05, 0) is 55.0 Å². The van der Waals surface area contributed by atoms with E-state index in [-0.39, 0.29) is 11.6 Å². The van der Waals surface area contributed by atoms with Crippen LogP contribution in [0.15, 0.2) is 46.9 Å². The Morgan fingerprint density at radius 3 is 2.24 bits per heavy atom. The number of rotatable bonds is 2. The van der Waals surface area contributed by atoms with Gasteiger partial charge in [0, 0.05) is 15.6 Å². The lowest BCUT2D eigenvalue weighted by Crippen LogP contribution is -2.01. The van der Waals surface area contributed by atoms with Crippen LogP contribution < -0.4 is 0 Å². The second-order valence-corrected chi connectivity index (χ2v) is 4.65. The Bertz CT molecular complexity index is 561. The van der Waals surface area contributed by atoms with Gasteiger partial charge in [-0.3, -0.25) is 4.79 Å². The maximum atomic E-state index is 12.8. The molecule has 2 rings (SSSR count). The predicted octanol–water partition coefficient (Wildman–Crippen LogP) is 4.13. The van der Waals surface area contributed by atoms with Gasteiger partial charge in [0.25, 0.3) is 0 Å². The van der Waals surface area contributed by atoms with Gasteiger partial charge in [0.2, 0.25) is 0 Å². The molecule has 1 nitrogen and oxygen atoms in total. The van der Waals surface area contributed by atoms with Crippen LogP contribution >= 0.6 is 15.9 Å². The molecule has 86 valence electrons. The fourth-order valence-corrected chi connectivity index (χ4v) is 1.80. The number of carbonyl (C=O) groups excluding carboxylic acids is 1. The van der Waals surface area contributed by atoms with Crippen LogP contribution in [0.5, 0.6) is 0 Å². The van der Waals surface area contributed by atoms with Crippen LogP contribution in [0.4, 0.5) is 4.39 Å². The molecule has 17 heavy (non-hydrogen) atoms. The van der Waals surface area contributed by atoms with Gasteiger partial charge in [-0.2, -0.15) is 0 Å². The molecule has 0 bridgehead atoms. The lowest BCUT2D eigenvalue weighted by Gasteiger charge is -2.04. The van der Waals surface area contributed by atoms with E-state index in [0.717, 1.165) is 10.0 Å². The Kier molecular flexibility index (Phi) is 3.38. The van der Waals surface area contributed by atoms with Crippen LogP contribution in [0.3, 0.4) is 0 Å². The van der Waals surface area contributed by atoms with Crippen LogP contribution in [-0.4, -0.2) is 5.78 Å². The maximum Gasteiger partial charge on any atom is 0.193 e. The number of carbonyl (C=O) groups is 1. The zero-order valence-corrected chi connectivity index (χ0v) is 10.8. The highest BCUT2D eigenvalue weighted by Crippen LogP contribution is 2.19. The van der Waals surface area contributed by atoms with Crippen molar-refractivity contribution in [2.75, 3.05) is 0 Å². The van der Waals surface area contributed by atoms with Crippen molar-refractivity contribution in [2.45, 2.75) is 6.92 Å². The van der Waals surface area contributed by atoms with E-state index in [1.54, 1.807) is 6.07 Å². The molecule has 3 heteroatoms. The number of aryl methyl sites for hydroxylation is 1. The van der Waals surface area contributed by atoms with Crippen LogP contribution in [0.1, 0.15) is 21.5 Å². The van der Waals surface area contributed by atoms with Crippen molar-refractivity contribution in [1.29, 1.82) is 0 Å². The molecule has 0 N–H and O–H groups in total. The molecule has 2 aromatic rings. The summed E-state index contributed by atoms with van der Waals surface area (Å²) >= 11 is 3.38. The van der Waals surface area contributed by atoms with E-state index in [4.69, 9.17) is 0 Å². The molecule has 0 fully saturated rings. The largest absolute Gasteiger partial charge is 0.289 e. The SMILES string of the molecule is Cc1cc(C(=O)c2ccc(F)cc2)ccc1Br. The summed E-state index contributed by atoms with van der Waals surface area (Å²) in [6, 6.07) is 11.0. The average Bonchev–Trinajstić information content (AvgIpc) is 2.33. The van der Waals surface area contributed by atoms with E-state index in [1.807, 2.05) is 19.1 Å². The first kappa shape index (κ1) is 12.0. The lowest BCUT2D eigenvalue weighted by molar-refractivity contribution is 0.103. The Hall–Kier alpha value is -1.48. The zero-order valence-electron chi connectivity index (χ0n) is 9.21. The minimum atomic E-state index is -0.339. The number of benzene rings is 2. The van der Waals surface area contributed by atoms with Crippen LogP contribution in [0, 0.1) is 12.7 Å². The lowest BCUT2D eigenvalue weighted by atomic mass is 10.0. The molecule has 0 aromatic heterocycles. The summed E-state index contributed by atoms with van der Waals surface area (Å²) in [4.78, 5) is 12.1. The molecule has 0 spiro atoms. The Labute approximate surface area is 107 Å². The van der Waals surface area contributed by atoms with E-state index in [1.165, 1.54) is 24.3 Å². The fraction of sp³-hybridized carbons (Fsp3) is 0.0714. The second-order valence-electron chi connectivity index (χ2n) is 3.80. The van der Waals surface area contributed by atoms with Crippen molar-refractivity contribution in [1.82, 2.24) is 0 Å². The molecular formula is C14H10BrFO. The summed E-state index contributed by atoms with van der Waals surface area (Å²) in [6.45, 7) is 1.92. The van der Waals surface area contributed by atoms with Crippen molar-refractivity contribution in [3.63, 3.8) is 0 Å². The normalized spacial score (nSPS) is 10.3. The van der Waals surface area contributed by atoms with Crippen LogP contribution in [-0.2, 0) is 0 Å². The van der Waals surface area contributed by atoms with Gasteiger partial charge >= 0.3 is 0 Å². The molecule has 2 aromatic carbocycles. The Morgan fingerprint density at radius 1 is 1.06 bits per heavy atom. The van der Waals surface area contributed by atoms with Crippen molar-refractivity contribution < 1.29 is 9.18 Å². The summed E-state index contributed by atoms with van der Waals surface area (Å²) in [5.41, 5.74) is 2.10. The third kappa shape index (κ3) is 2.61. The first-order chi connectivity index (χ1) is 8.08. The maximum absolute atomic E-state index is 12.8. The topological polar surface area (TPSA) is 17.1 Å². The second kappa shape index (κ2) is 4.80. The molecule has 0 aliphatic heterocycles. The Morgan fingerprint density at radius 2 is 1.65 bits per heavy atom. The number of ketones is 1. The summed E-state index contributed by atoms with van der Waals surface area (Å²) in [7, 11) is 0. The molecule has 0 amide bonds. The molecule has 0 saturated carbocycles. The summed E-state index contributed by atoms with van der Waals surface area (Å²) in [6.07, 6.45) is 0. The number of halogens is 2. The Balaban J connectivity index is 2.37. The molecule has 0 atom stereocenters. The fourth-order valence-electron chi connectivity index (χ4n) is 1.55. The van der Waals surface area contributed by atoms with Crippen molar-refractivity contribution in [3.8, 4) is 0 Å². The first-order valence-electron chi connectivity index (χ1n) is 5.14. The van der Waals surface area contributed by atoms with Gasteiger partial charge in [-0.25, -0.2) is 4.39 Å². The number of hydrogen-bond donors (Lipinski definition) is 0. The summed E-state index contributed by atoms with van der Waals surface area (Å²) in [5.74, 6) is -0.436. The zero-order chi connectivity index (χ0) is 12.4. The van der Waals surface area contributed by atoms with Gasteiger partial charge in [-0.1, -0.05) is 15.9 Å². The summed E-state index contributed by atoms with van der Waals surface area (Å²) in [5, 5.41) is 0. The smallest absolute Gasteiger partial charge is 0.193 e. The van der Waals surface area contributed by atoms with E-state index >= 15 is 0 Å². The highest BCUT2D eigenvalue weighted by molar-refractivity contribution is 9.10. The van der Waals surface area contributed by atoms with Crippen molar-refractivity contribution >= 4 is 21.7 Å². The standard InChI is InChI=1S/C14H10BrFO/c1-9-8-11(4-7-13(9)15)14(17)10-2-5-12(16)6-3-10/h2-8H,1H3. The minimum Gasteiger partial charge on any atom is -0.289 e. The van der Waals surface area contributed by atoms with Gasteiger partial charge in [0.1, 0.15) is 5.82 Å². The van der Waals surface area contributed by atoms with E-state index < -0.39 is 0 Å². The first-order valence-corrected chi connectivity index (χ1v) is 5.93. The van der Waals surface area contributed by atoms with Gasteiger partial charge in [0.15, 0.2) is 5.78 Å². The third-order valence-electron chi connectivity index (χ3n) is 2.53. The number of hydrogen-bond acceptors (Lipinski definition) is 1. The van der Waals surface area contributed by atoms with E-state index in [0.29, 0.717) is 11.1 Å². The molecule has 0 saturated heterocycles. The van der Waals surface area contributed by atoms with E-state index in [2.05, 4.69) is 15.9 Å². The van der Waals surface area contributed by atoms with Crippen LogP contribution in [0.25, 0.3) is 0 Å². The van der Waals surface area contributed by atoms with Crippen molar-refractivity contribution in [3.05, 3.63) is 69.4 Å². The van der Waals surface area contributed by atoms with Crippen molar-refractivity contribution in [2.24, 2.45) is 0 Å². The quantitative estimate of drug-likeness (QED) is 0.761. The molecular weight excluding hydrogens is 283 g/mol. The third-order valence-corrected chi connectivity index (χ3v) is 3.42. The molecule has 0 radical (unpaired) electrons. The van der Waals surface area contributed by atoms with Crippen LogP contribution in [0.2, 0.25) is 0 Å². The van der Waals surface area contributed by atoms with E-state index in [9.17, 15) is 9.18 Å². The molecule has 0 unspecified atom stereocenters. The van der Waals surface area contributed by atoms with Gasteiger partial charge in [0.05, 0.1) is 0 Å².